The predicted molar refractivity (Wildman–Crippen MR) is 79.1 cm³/mol. The number of benzene rings is 2. The Labute approximate surface area is 118 Å². The van der Waals surface area contributed by atoms with E-state index in [1.54, 1.807) is 48.6 Å². The van der Waals surface area contributed by atoms with Gasteiger partial charge in [0.25, 0.3) is 0 Å². The molecule has 0 aromatic heterocycles. The molecule has 2 rings (SSSR count). The lowest BCUT2D eigenvalue weighted by Gasteiger charge is -1.90. The molecule has 2 heteroatoms. The van der Waals surface area contributed by atoms with Crippen molar-refractivity contribution in [2.24, 2.45) is 0 Å². The van der Waals surface area contributed by atoms with Crippen LogP contribution in [0.4, 0.5) is 0 Å². The van der Waals surface area contributed by atoms with Gasteiger partial charge in [0, 0.05) is 11.1 Å². The molecule has 0 aliphatic carbocycles. The summed E-state index contributed by atoms with van der Waals surface area (Å²) in [6.07, 6.45) is 3.28. The molecule has 20 heavy (non-hydrogen) atoms. The first-order chi connectivity index (χ1) is 9.74. The Morgan fingerprint density at radius 2 is 1.15 bits per heavy atom. The molecule has 2 aromatic carbocycles. The Kier molecular flexibility index (Phi) is 4.49. The van der Waals surface area contributed by atoms with Crippen molar-refractivity contribution < 1.29 is 10.2 Å². The van der Waals surface area contributed by atoms with E-state index in [0.717, 1.165) is 11.1 Å². The summed E-state index contributed by atoms with van der Waals surface area (Å²) < 4.78 is 0. The fraction of sp³-hybridized carbons (Fsp3) is 0. The number of hydrogen-bond acceptors (Lipinski definition) is 2. The van der Waals surface area contributed by atoms with Gasteiger partial charge in [-0.1, -0.05) is 35.8 Å². The molecular weight excluding hydrogens is 248 g/mol. The minimum atomic E-state index is 0.199. The van der Waals surface area contributed by atoms with E-state index >= 15 is 0 Å². The highest BCUT2D eigenvalue weighted by Gasteiger charge is 1.88. The maximum Gasteiger partial charge on any atom is 0.116 e. The second-order valence-corrected chi connectivity index (χ2v) is 3.97. The normalized spacial score (nSPS) is 9.40. The molecule has 0 saturated heterocycles. The van der Waals surface area contributed by atoms with Crippen LogP contribution in [-0.4, -0.2) is 10.2 Å². The third kappa shape index (κ3) is 4.29. The average Bonchev–Trinajstić information content (AvgIpc) is 2.43. The summed E-state index contributed by atoms with van der Waals surface area (Å²) in [7, 11) is 0. The van der Waals surface area contributed by atoms with Crippen LogP contribution < -0.4 is 0 Å². The van der Waals surface area contributed by atoms with Crippen LogP contribution in [0.25, 0.3) is 0 Å². The largest absolute Gasteiger partial charge is 0.508 e. The number of allylic oxidation sites excluding steroid dienone is 2. The fourth-order valence-electron chi connectivity index (χ4n) is 1.50. The van der Waals surface area contributed by atoms with Gasteiger partial charge in [0.15, 0.2) is 0 Å². The van der Waals surface area contributed by atoms with Crippen LogP contribution in [-0.2, 0) is 0 Å². The van der Waals surface area contributed by atoms with Gasteiger partial charge in [-0.15, -0.1) is 0 Å². The zero-order valence-corrected chi connectivity index (χ0v) is 10.7. The van der Waals surface area contributed by atoms with Gasteiger partial charge in [0.2, 0.25) is 0 Å². The Bertz CT molecular complexity index is 684. The first-order valence-electron chi connectivity index (χ1n) is 6.00. The Hall–Kier alpha value is -3.10. The molecule has 0 aliphatic heterocycles. The number of aromatic hydroxyl groups is 2. The Morgan fingerprint density at radius 3 is 1.55 bits per heavy atom. The zero-order valence-electron chi connectivity index (χ0n) is 10.7. The lowest BCUT2D eigenvalue weighted by Crippen LogP contribution is -1.72. The van der Waals surface area contributed by atoms with Gasteiger partial charge in [0.05, 0.1) is 0 Å². The monoisotopic (exact) mass is 260 g/mol. The smallest absolute Gasteiger partial charge is 0.116 e. The first kappa shape index (κ1) is 13.3. The fourth-order valence-corrected chi connectivity index (χ4v) is 1.50. The van der Waals surface area contributed by atoms with Crippen LogP contribution in [0.2, 0.25) is 0 Å². The zero-order chi connectivity index (χ0) is 14.2. The van der Waals surface area contributed by atoms with E-state index in [0.29, 0.717) is 0 Å². The third-order valence-electron chi connectivity index (χ3n) is 2.38. The third-order valence-corrected chi connectivity index (χ3v) is 2.38. The molecule has 0 saturated carbocycles. The van der Waals surface area contributed by atoms with Crippen LogP contribution >= 0.6 is 0 Å². The maximum absolute atomic E-state index is 9.27. The van der Waals surface area contributed by atoms with Crippen molar-refractivity contribution in [2.75, 3.05) is 0 Å². The molecule has 2 N–H and O–H groups in total. The van der Waals surface area contributed by atoms with Crippen molar-refractivity contribution in [2.45, 2.75) is 0 Å². The van der Waals surface area contributed by atoms with Gasteiger partial charge >= 0.3 is 0 Å². The van der Waals surface area contributed by atoms with Gasteiger partial charge in [-0.2, -0.15) is 0 Å². The van der Waals surface area contributed by atoms with E-state index < -0.39 is 0 Å². The predicted octanol–water partition coefficient (Wildman–Crippen LogP) is 3.06. The highest BCUT2D eigenvalue weighted by molar-refractivity contribution is 5.43. The van der Waals surface area contributed by atoms with Crippen molar-refractivity contribution in [3.63, 3.8) is 0 Å². The molecule has 0 unspecified atom stereocenters. The molecule has 0 atom stereocenters. The summed E-state index contributed by atoms with van der Waals surface area (Å²) in [5, 5.41) is 18.5. The van der Waals surface area contributed by atoms with E-state index in [-0.39, 0.29) is 11.5 Å². The van der Waals surface area contributed by atoms with Crippen LogP contribution in [0, 0.1) is 23.7 Å². The van der Waals surface area contributed by atoms with Gasteiger partial charge < -0.3 is 10.2 Å². The second-order valence-electron chi connectivity index (χ2n) is 3.97. The lowest BCUT2D eigenvalue weighted by molar-refractivity contribution is 0.474. The van der Waals surface area contributed by atoms with Crippen molar-refractivity contribution >= 4 is 0 Å². The standard InChI is InChI=1S/C18H12O2/c19-17-11-5-9-15(13-17)7-3-1-2-4-8-16-10-6-12-18(20)14-16/h1-2,5-6,9-14,19-20H. The van der Waals surface area contributed by atoms with Gasteiger partial charge in [-0.3, -0.25) is 0 Å². The molecule has 0 fully saturated rings. The molecule has 0 aliphatic rings. The molecule has 96 valence electrons. The van der Waals surface area contributed by atoms with Gasteiger partial charge in [-0.25, -0.2) is 0 Å². The molecule has 2 aromatic rings. The highest BCUT2D eigenvalue weighted by Crippen LogP contribution is 2.10. The Morgan fingerprint density at radius 1 is 0.700 bits per heavy atom. The first-order valence-corrected chi connectivity index (χ1v) is 6.00. The topological polar surface area (TPSA) is 40.5 Å². The van der Waals surface area contributed by atoms with E-state index in [9.17, 15) is 10.2 Å². The van der Waals surface area contributed by atoms with Crippen LogP contribution in [0.15, 0.2) is 60.7 Å². The number of phenolic OH excluding ortho intramolecular Hbond substituents is 2. The van der Waals surface area contributed by atoms with Crippen molar-refractivity contribution in [3.8, 4) is 35.2 Å². The minimum Gasteiger partial charge on any atom is -0.508 e. The summed E-state index contributed by atoms with van der Waals surface area (Å²) >= 11 is 0. The summed E-state index contributed by atoms with van der Waals surface area (Å²) in [4.78, 5) is 0. The van der Waals surface area contributed by atoms with Crippen molar-refractivity contribution in [3.05, 3.63) is 71.8 Å². The summed E-state index contributed by atoms with van der Waals surface area (Å²) in [6, 6.07) is 13.5. The number of hydrogen-bond donors (Lipinski definition) is 2. The summed E-state index contributed by atoms with van der Waals surface area (Å²) in [5.74, 6) is 11.8. The molecule has 0 bridgehead atoms. The van der Waals surface area contributed by atoms with Crippen molar-refractivity contribution in [1.29, 1.82) is 0 Å². The second kappa shape index (κ2) is 6.73. The van der Waals surface area contributed by atoms with E-state index in [1.807, 2.05) is 12.1 Å². The highest BCUT2D eigenvalue weighted by atomic mass is 16.3. The molecular formula is C18H12O2. The van der Waals surface area contributed by atoms with Crippen LogP contribution in [0.5, 0.6) is 11.5 Å². The summed E-state index contributed by atoms with van der Waals surface area (Å²) in [6.45, 7) is 0. The number of phenols is 2. The lowest BCUT2D eigenvalue weighted by atomic mass is 10.2. The molecule has 0 amide bonds. The maximum atomic E-state index is 9.27. The number of rotatable bonds is 0. The SMILES string of the molecule is Oc1cccc(C#CC=CC#Cc2cccc(O)c2)c1. The quantitative estimate of drug-likeness (QED) is 0.715. The molecule has 2 nitrogen and oxygen atoms in total. The Balaban J connectivity index is 1.99. The van der Waals surface area contributed by atoms with E-state index in [2.05, 4.69) is 23.7 Å². The van der Waals surface area contributed by atoms with E-state index in [1.165, 1.54) is 0 Å². The van der Waals surface area contributed by atoms with Crippen molar-refractivity contribution in [1.82, 2.24) is 0 Å². The molecule has 0 spiro atoms. The summed E-state index contributed by atoms with van der Waals surface area (Å²) in [5.41, 5.74) is 1.49. The van der Waals surface area contributed by atoms with Crippen LogP contribution in [0.3, 0.4) is 0 Å². The minimum absolute atomic E-state index is 0.199. The van der Waals surface area contributed by atoms with Gasteiger partial charge in [0.1, 0.15) is 11.5 Å². The molecule has 0 radical (unpaired) electrons. The molecule has 0 heterocycles. The van der Waals surface area contributed by atoms with E-state index in [4.69, 9.17) is 0 Å². The average molecular weight is 260 g/mol. The van der Waals surface area contributed by atoms with Crippen LogP contribution in [0.1, 0.15) is 11.1 Å². The van der Waals surface area contributed by atoms with Gasteiger partial charge in [-0.05, 0) is 48.6 Å².